The maximum absolute atomic E-state index is 14.9. The number of amides is 1. The van der Waals surface area contributed by atoms with Gasteiger partial charge in [-0.15, -0.1) is 0 Å². The Hall–Kier alpha value is -1.36. The van der Waals surface area contributed by atoms with Crippen LogP contribution in [-0.2, 0) is 19.2 Å². The number of hydrogen-bond acceptors (Lipinski definition) is 6. The largest absolute Gasteiger partial charge is 0.435 e. The van der Waals surface area contributed by atoms with E-state index in [1.807, 2.05) is 17.0 Å². The molecule has 0 spiro atoms. The Balaban J connectivity index is 1.21. The smallest absolute Gasteiger partial charge is 0.411 e. The monoisotopic (exact) mass is 507 g/mol. The lowest BCUT2D eigenvalue weighted by Gasteiger charge is -2.43. The number of nitrogens with zero attached hydrogens (tertiary/aromatic N) is 3. The normalized spacial score (nSPS) is 41.0. The first-order chi connectivity index (χ1) is 16.5. The van der Waals surface area contributed by atoms with Gasteiger partial charge in [0.1, 0.15) is 0 Å². The summed E-state index contributed by atoms with van der Waals surface area (Å²) >= 11 is 6.14. The minimum absolute atomic E-state index is 0.0765. The van der Waals surface area contributed by atoms with Crippen molar-refractivity contribution in [2.45, 2.75) is 60.3 Å². The van der Waals surface area contributed by atoms with E-state index >= 15 is 0 Å². The van der Waals surface area contributed by atoms with E-state index in [4.69, 9.17) is 21.1 Å². The molecule has 0 aromatic heterocycles. The fourth-order valence-corrected chi connectivity index (χ4v) is 10.5. The molecule has 10 heteroatoms. The van der Waals surface area contributed by atoms with Gasteiger partial charge < -0.3 is 19.5 Å². The van der Waals surface area contributed by atoms with Crippen LogP contribution in [0.15, 0.2) is 29.2 Å². The molecule has 4 aliphatic heterocycles. The zero-order valence-electron chi connectivity index (χ0n) is 19.0. The molecule has 184 valence electrons. The van der Waals surface area contributed by atoms with Gasteiger partial charge in [0, 0.05) is 54.1 Å². The van der Waals surface area contributed by atoms with E-state index in [0.717, 1.165) is 35.6 Å². The lowest BCUT2D eigenvalue weighted by molar-refractivity contribution is -0.0641. The van der Waals surface area contributed by atoms with Crippen molar-refractivity contribution in [2.75, 3.05) is 39.5 Å². The number of ether oxygens (including phenoxy) is 2. The maximum atomic E-state index is 14.9. The highest BCUT2D eigenvalue weighted by atomic mass is 35.5. The number of fused-ring (bicyclic) bond motifs is 5. The van der Waals surface area contributed by atoms with Crippen molar-refractivity contribution < 1.29 is 23.6 Å². The number of aliphatic hydroxyl groups excluding tert-OH is 1. The third-order valence-corrected chi connectivity index (χ3v) is 12.1. The van der Waals surface area contributed by atoms with E-state index in [-0.39, 0.29) is 36.9 Å². The summed E-state index contributed by atoms with van der Waals surface area (Å²) in [7, 11) is -2.68. The quantitative estimate of drug-likeness (QED) is 0.610. The Morgan fingerprint density at radius 1 is 1.21 bits per heavy atom. The zero-order valence-corrected chi connectivity index (χ0v) is 20.5. The SMILES string of the molecule is O=C(OC12CC1=S(=O)(c1ccc(Cl)cc1)N1[C@H](C3CC3)COC[C@@H]12)N1CC2CC1CN2CCO. The van der Waals surface area contributed by atoms with Gasteiger partial charge in [-0.1, -0.05) is 11.6 Å². The topological polar surface area (TPSA) is 82.6 Å². The second kappa shape index (κ2) is 7.57. The van der Waals surface area contributed by atoms with Crippen LogP contribution in [0.3, 0.4) is 0 Å². The third kappa shape index (κ3) is 3.01. The van der Waals surface area contributed by atoms with Crippen LogP contribution in [0.5, 0.6) is 0 Å². The predicted molar refractivity (Wildman–Crippen MR) is 127 cm³/mol. The summed E-state index contributed by atoms with van der Waals surface area (Å²) in [5, 5.41) is 9.90. The number of carbonyl (C=O) groups is 1. The van der Waals surface area contributed by atoms with Crippen molar-refractivity contribution >= 4 is 32.3 Å². The van der Waals surface area contributed by atoms with Gasteiger partial charge in [0.05, 0.1) is 40.4 Å². The van der Waals surface area contributed by atoms with Gasteiger partial charge in [-0.25, -0.2) is 13.3 Å². The number of piperazine rings is 1. The van der Waals surface area contributed by atoms with Gasteiger partial charge in [0.2, 0.25) is 0 Å². The first kappa shape index (κ1) is 21.9. The number of benzene rings is 1. The summed E-state index contributed by atoms with van der Waals surface area (Å²) in [6, 6.07) is 7.55. The molecule has 0 radical (unpaired) electrons. The van der Waals surface area contributed by atoms with Crippen LogP contribution in [-0.4, -0.2) is 104 Å². The van der Waals surface area contributed by atoms with E-state index in [2.05, 4.69) is 9.21 Å². The molecule has 1 N–H and O–H groups in total. The van der Waals surface area contributed by atoms with Gasteiger partial charge in [-0.05, 0) is 49.4 Å². The Kier molecular flexibility index (Phi) is 4.87. The molecule has 3 saturated heterocycles. The van der Waals surface area contributed by atoms with Crippen molar-refractivity contribution in [3.8, 4) is 0 Å². The molecule has 6 aliphatic rings. The van der Waals surface area contributed by atoms with Gasteiger partial charge in [-0.2, -0.15) is 0 Å². The molecule has 2 bridgehead atoms. The third-order valence-electron chi connectivity index (χ3n) is 8.68. The fourth-order valence-electron chi connectivity index (χ4n) is 6.80. The Labute approximate surface area is 204 Å². The molecule has 4 heterocycles. The minimum Gasteiger partial charge on any atom is -0.435 e. The van der Waals surface area contributed by atoms with Crippen molar-refractivity contribution in [2.24, 2.45) is 5.92 Å². The second-order valence-corrected chi connectivity index (χ2v) is 13.4. The molecule has 1 aromatic rings. The number of likely N-dealkylation sites (tertiary alicyclic amines) is 2. The lowest BCUT2D eigenvalue weighted by atomic mass is 10.0. The number of morpholine rings is 1. The summed E-state index contributed by atoms with van der Waals surface area (Å²) in [5.41, 5.74) is -0.839. The van der Waals surface area contributed by atoms with E-state index in [1.54, 1.807) is 12.1 Å². The minimum atomic E-state index is -2.68. The average Bonchev–Trinajstić information content (AvgIpc) is 3.72. The molecule has 8 nitrogen and oxygen atoms in total. The van der Waals surface area contributed by atoms with E-state index in [0.29, 0.717) is 43.7 Å². The molecule has 1 amide bonds. The molecular formula is C24H30ClN3O5S. The van der Waals surface area contributed by atoms with Crippen LogP contribution < -0.4 is 0 Å². The molecule has 2 saturated carbocycles. The molecule has 34 heavy (non-hydrogen) atoms. The first-order valence-corrected chi connectivity index (χ1v) is 14.2. The highest BCUT2D eigenvalue weighted by molar-refractivity contribution is 8.01. The number of aliphatic hydroxyl groups is 1. The average molecular weight is 508 g/mol. The van der Waals surface area contributed by atoms with Gasteiger partial charge >= 0.3 is 6.09 Å². The highest BCUT2D eigenvalue weighted by Crippen LogP contribution is 2.56. The second-order valence-electron chi connectivity index (χ2n) is 10.6. The number of carbonyl (C=O) groups excluding carboxylic acids is 1. The summed E-state index contributed by atoms with van der Waals surface area (Å²) in [6.07, 6.45) is 3.39. The molecule has 4 unspecified atom stereocenters. The standard InChI is InChI=1S/C24H30ClN3O5S/c25-16-3-5-19(6-4-16)34(31)22-10-24(22,21-14-32-13-20(28(21)34)15-1-2-15)33-23(30)27-12-17-9-18(27)11-26(17)7-8-29/h3-6,15,17-18,20-21,29H,1-2,7-14H2/t17?,18?,20-,21+,24?,34?/m0/s1. The molecule has 2 aliphatic carbocycles. The first-order valence-electron chi connectivity index (χ1n) is 12.3. The van der Waals surface area contributed by atoms with Crippen LogP contribution in [0, 0.1) is 5.92 Å². The molecule has 6 atom stereocenters. The van der Waals surface area contributed by atoms with Gasteiger partial charge in [0.15, 0.2) is 5.60 Å². The van der Waals surface area contributed by atoms with E-state index in [9.17, 15) is 14.1 Å². The summed E-state index contributed by atoms with van der Waals surface area (Å²) in [4.78, 5) is 19.1. The summed E-state index contributed by atoms with van der Waals surface area (Å²) in [5.74, 6) is 0.480. The zero-order chi connectivity index (χ0) is 23.2. The fraction of sp³-hybridized carbons (Fsp3) is 0.667. The van der Waals surface area contributed by atoms with Crippen LogP contribution >= 0.6 is 11.6 Å². The van der Waals surface area contributed by atoms with Crippen LogP contribution in [0.25, 0.3) is 0 Å². The number of halogens is 1. The Bertz CT molecular complexity index is 1150. The summed E-state index contributed by atoms with van der Waals surface area (Å²) < 4.78 is 29.4. The number of hydrogen-bond donors (Lipinski definition) is 1. The van der Waals surface area contributed by atoms with Crippen molar-refractivity contribution in [3.63, 3.8) is 0 Å². The molecular weight excluding hydrogens is 478 g/mol. The van der Waals surface area contributed by atoms with E-state index in [1.165, 1.54) is 0 Å². The number of β-amino-alcohol motifs (C(OH)–C–C–N with tert-alkyl or cyclic N) is 1. The predicted octanol–water partition coefficient (Wildman–Crippen LogP) is 1.59. The maximum Gasteiger partial charge on any atom is 0.411 e. The molecule has 5 fully saturated rings. The van der Waals surface area contributed by atoms with Gasteiger partial charge in [0.25, 0.3) is 0 Å². The van der Waals surface area contributed by atoms with Crippen LogP contribution in [0.4, 0.5) is 4.79 Å². The molecule has 7 rings (SSSR count). The molecule has 1 aromatic carbocycles. The lowest BCUT2D eigenvalue weighted by Crippen LogP contribution is -2.59. The van der Waals surface area contributed by atoms with Crippen molar-refractivity contribution in [3.05, 3.63) is 29.3 Å². The van der Waals surface area contributed by atoms with Crippen LogP contribution in [0.2, 0.25) is 5.02 Å². The Morgan fingerprint density at radius 3 is 2.68 bits per heavy atom. The van der Waals surface area contributed by atoms with Gasteiger partial charge in [-0.3, -0.25) is 4.90 Å². The van der Waals surface area contributed by atoms with Crippen molar-refractivity contribution in [1.82, 2.24) is 14.1 Å². The van der Waals surface area contributed by atoms with Crippen LogP contribution in [0.1, 0.15) is 25.7 Å². The number of rotatable bonds is 5. The summed E-state index contributed by atoms with van der Waals surface area (Å²) in [6.45, 7) is 3.16. The van der Waals surface area contributed by atoms with E-state index < -0.39 is 15.3 Å². The van der Waals surface area contributed by atoms with Crippen molar-refractivity contribution in [1.29, 1.82) is 0 Å². The Morgan fingerprint density at radius 2 is 2.00 bits per heavy atom. The highest BCUT2D eigenvalue weighted by Gasteiger charge is 2.73.